The molecule has 1 unspecified atom stereocenters. The fourth-order valence-corrected chi connectivity index (χ4v) is 2.29. The third-order valence-electron chi connectivity index (χ3n) is 3.36. The van der Waals surface area contributed by atoms with E-state index in [9.17, 15) is 19.2 Å². The molecule has 2 rings (SSSR count). The van der Waals surface area contributed by atoms with Crippen molar-refractivity contribution in [3.63, 3.8) is 0 Å². The lowest BCUT2D eigenvalue weighted by Gasteiger charge is -2.21. The first-order chi connectivity index (χ1) is 11.6. The van der Waals surface area contributed by atoms with Gasteiger partial charge in [-0.3, -0.25) is 19.3 Å². The minimum Gasteiger partial charge on any atom is -0.459 e. The van der Waals surface area contributed by atoms with E-state index >= 15 is 0 Å². The highest BCUT2D eigenvalue weighted by atomic mass is 16.7. The number of benzene rings is 1. The van der Waals surface area contributed by atoms with Crippen molar-refractivity contribution in [3.05, 3.63) is 35.4 Å². The van der Waals surface area contributed by atoms with Gasteiger partial charge in [-0.1, -0.05) is 12.1 Å². The number of fused-ring (bicyclic) bond motifs is 1. The van der Waals surface area contributed by atoms with Gasteiger partial charge < -0.3 is 9.57 Å². The van der Waals surface area contributed by atoms with Gasteiger partial charge in [-0.05, 0) is 39.8 Å². The minimum atomic E-state index is -1.14. The van der Waals surface area contributed by atoms with Gasteiger partial charge in [0.25, 0.3) is 11.8 Å². The Kier molecular flexibility index (Phi) is 5.22. The standard InChI is InChI=1S/C17H20N2O6/c1-10(16(23)25-18-9-13(20)24-17(2,3)4)19-14(21)11-7-5-6-8-12(11)15(19)22/h5-8,10,18H,9H2,1-4H3. The first-order valence-electron chi connectivity index (χ1n) is 7.74. The van der Waals surface area contributed by atoms with Crippen molar-refractivity contribution >= 4 is 23.8 Å². The molecule has 0 saturated carbocycles. The number of hydrogen-bond acceptors (Lipinski definition) is 7. The zero-order valence-corrected chi connectivity index (χ0v) is 14.5. The maximum Gasteiger partial charge on any atom is 0.347 e. The van der Waals surface area contributed by atoms with Gasteiger partial charge in [0.2, 0.25) is 0 Å². The lowest BCUT2D eigenvalue weighted by molar-refractivity contribution is -0.163. The molecule has 0 bridgehead atoms. The molecule has 1 aromatic rings. The number of carbonyl (C=O) groups excluding carboxylic acids is 4. The van der Waals surface area contributed by atoms with Crippen LogP contribution in [0.2, 0.25) is 0 Å². The highest BCUT2D eigenvalue weighted by Crippen LogP contribution is 2.24. The third-order valence-corrected chi connectivity index (χ3v) is 3.36. The number of amides is 2. The molecule has 1 heterocycles. The van der Waals surface area contributed by atoms with Crippen molar-refractivity contribution in [2.45, 2.75) is 39.3 Å². The van der Waals surface area contributed by atoms with Crippen molar-refractivity contribution in [2.75, 3.05) is 6.54 Å². The average Bonchev–Trinajstić information content (AvgIpc) is 2.77. The highest BCUT2D eigenvalue weighted by Gasteiger charge is 2.41. The summed E-state index contributed by atoms with van der Waals surface area (Å²) in [5, 5.41) is 0. The minimum absolute atomic E-state index is 0.244. The molecule has 1 aliphatic rings. The zero-order chi connectivity index (χ0) is 18.8. The second-order valence-corrected chi connectivity index (χ2v) is 6.53. The van der Waals surface area contributed by atoms with Crippen LogP contribution in [0.15, 0.2) is 24.3 Å². The van der Waals surface area contributed by atoms with E-state index in [1.807, 2.05) is 0 Å². The number of carbonyl (C=O) groups is 4. The van der Waals surface area contributed by atoms with Gasteiger partial charge in [0, 0.05) is 0 Å². The van der Waals surface area contributed by atoms with Crippen molar-refractivity contribution in [1.82, 2.24) is 10.4 Å². The molecule has 0 fully saturated rings. The second-order valence-electron chi connectivity index (χ2n) is 6.53. The molecule has 2 amide bonds. The van der Waals surface area contributed by atoms with Crippen LogP contribution in [0.25, 0.3) is 0 Å². The number of nitrogens with one attached hydrogen (secondary N) is 1. The molecule has 0 spiro atoms. The summed E-state index contributed by atoms with van der Waals surface area (Å²) in [6.07, 6.45) is 0. The summed E-state index contributed by atoms with van der Waals surface area (Å²) < 4.78 is 5.04. The van der Waals surface area contributed by atoms with E-state index in [0.29, 0.717) is 0 Å². The molecule has 1 atom stereocenters. The van der Waals surface area contributed by atoms with Crippen LogP contribution >= 0.6 is 0 Å². The number of imide groups is 1. The van der Waals surface area contributed by atoms with Gasteiger partial charge in [0.15, 0.2) is 0 Å². The molecule has 134 valence electrons. The Hall–Kier alpha value is -2.74. The first-order valence-corrected chi connectivity index (χ1v) is 7.74. The van der Waals surface area contributed by atoms with Crippen molar-refractivity contribution in [1.29, 1.82) is 0 Å². The predicted molar refractivity (Wildman–Crippen MR) is 86.3 cm³/mol. The van der Waals surface area contributed by atoms with Crippen LogP contribution in [0, 0.1) is 0 Å². The van der Waals surface area contributed by atoms with Crippen LogP contribution in [0.5, 0.6) is 0 Å². The summed E-state index contributed by atoms with van der Waals surface area (Å²) >= 11 is 0. The molecular formula is C17H20N2O6. The molecular weight excluding hydrogens is 328 g/mol. The van der Waals surface area contributed by atoms with E-state index in [0.717, 1.165) is 4.90 Å². The number of hydroxylamine groups is 1. The van der Waals surface area contributed by atoms with Gasteiger partial charge in [-0.15, -0.1) is 5.48 Å². The number of rotatable bonds is 5. The van der Waals surface area contributed by atoms with Crippen LogP contribution in [-0.2, 0) is 19.2 Å². The van der Waals surface area contributed by atoms with E-state index in [1.165, 1.54) is 19.1 Å². The van der Waals surface area contributed by atoms with Crippen LogP contribution in [0.1, 0.15) is 48.4 Å². The molecule has 1 aromatic carbocycles. The second kappa shape index (κ2) is 7.02. The summed E-state index contributed by atoms with van der Waals surface area (Å²) in [6.45, 7) is 6.15. The Labute approximate surface area is 145 Å². The Balaban J connectivity index is 1.92. The molecule has 1 N–H and O–H groups in total. The smallest absolute Gasteiger partial charge is 0.347 e. The van der Waals surface area contributed by atoms with E-state index in [1.54, 1.807) is 32.9 Å². The molecule has 8 heteroatoms. The number of ether oxygens (including phenoxy) is 1. The molecule has 8 nitrogen and oxygen atoms in total. The van der Waals surface area contributed by atoms with Gasteiger partial charge in [0.05, 0.1) is 11.1 Å². The lowest BCUT2D eigenvalue weighted by atomic mass is 10.1. The molecule has 25 heavy (non-hydrogen) atoms. The zero-order valence-electron chi connectivity index (χ0n) is 14.5. The highest BCUT2D eigenvalue weighted by molar-refractivity contribution is 6.22. The Morgan fingerprint density at radius 2 is 1.64 bits per heavy atom. The maximum atomic E-state index is 12.3. The third kappa shape index (κ3) is 4.21. The number of nitrogens with zero attached hydrogens (tertiary/aromatic N) is 1. The van der Waals surface area contributed by atoms with Crippen LogP contribution in [0.4, 0.5) is 0 Å². The molecule has 1 aliphatic heterocycles. The molecule has 0 radical (unpaired) electrons. The van der Waals surface area contributed by atoms with Gasteiger partial charge in [0.1, 0.15) is 18.2 Å². The summed E-state index contributed by atoms with van der Waals surface area (Å²) in [7, 11) is 0. The summed E-state index contributed by atoms with van der Waals surface area (Å²) in [5.41, 5.74) is 2.02. The van der Waals surface area contributed by atoms with Crippen LogP contribution < -0.4 is 5.48 Å². The quantitative estimate of drug-likeness (QED) is 0.482. The van der Waals surface area contributed by atoms with E-state index in [2.05, 4.69) is 5.48 Å². The topological polar surface area (TPSA) is 102 Å². The normalized spacial score (nSPS) is 15.0. The monoisotopic (exact) mass is 348 g/mol. The Bertz CT molecular complexity index is 687. The van der Waals surface area contributed by atoms with Crippen LogP contribution in [-0.4, -0.2) is 46.8 Å². The van der Waals surface area contributed by atoms with Gasteiger partial charge in [-0.2, -0.15) is 0 Å². The van der Waals surface area contributed by atoms with E-state index in [-0.39, 0.29) is 17.7 Å². The number of hydrogen-bond donors (Lipinski definition) is 1. The largest absolute Gasteiger partial charge is 0.459 e. The molecule has 0 aromatic heterocycles. The van der Waals surface area contributed by atoms with Gasteiger partial charge >= 0.3 is 11.9 Å². The molecule has 0 aliphatic carbocycles. The van der Waals surface area contributed by atoms with E-state index < -0.39 is 35.4 Å². The summed E-state index contributed by atoms with van der Waals surface area (Å²) in [4.78, 5) is 53.8. The predicted octanol–water partition coefficient (Wildman–Crippen LogP) is 1.06. The fraction of sp³-hybridized carbons (Fsp3) is 0.412. The summed E-state index contributed by atoms with van der Waals surface area (Å²) in [5.74, 6) is -2.58. The fourth-order valence-electron chi connectivity index (χ4n) is 2.29. The first kappa shape index (κ1) is 18.6. The average molecular weight is 348 g/mol. The Morgan fingerprint density at radius 1 is 1.12 bits per heavy atom. The Morgan fingerprint density at radius 3 is 2.12 bits per heavy atom. The number of esters is 1. The maximum absolute atomic E-state index is 12.3. The lowest BCUT2D eigenvalue weighted by Crippen LogP contribution is -2.45. The van der Waals surface area contributed by atoms with Crippen molar-refractivity contribution in [3.8, 4) is 0 Å². The van der Waals surface area contributed by atoms with E-state index in [4.69, 9.17) is 9.57 Å². The SMILES string of the molecule is CC(C(=O)ONCC(=O)OC(C)(C)C)N1C(=O)c2ccccc2C1=O. The van der Waals surface area contributed by atoms with Gasteiger partial charge in [-0.25, -0.2) is 4.79 Å². The summed E-state index contributed by atoms with van der Waals surface area (Å²) in [6, 6.07) is 5.18. The van der Waals surface area contributed by atoms with Crippen molar-refractivity contribution in [2.24, 2.45) is 0 Å². The van der Waals surface area contributed by atoms with Crippen molar-refractivity contribution < 1.29 is 28.8 Å². The van der Waals surface area contributed by atoms with Crippen LogP contribution in [0.3, 0.4) is 0 Å². The molecule has 0 saturated heterocycles.